The highest BCUT2D eigenvalue weighted by Gasteiger charge is 2.19. The number of aromatic nitrogens is 5. The Bertz CT molecular complexity index is 1140. The summed E-state index contributed by atoms with van der Waals surface area (Å²) < 4.78 is 15.6. The average Bonchev–Trinajstić information content (AvgIpc) is 3.42. The van der Waals surface area contributed by atoms with E-state index in [0.717, 1.165) is 41.7 Å². The first-order valence-electron chi connectivity index (χ1n) is 9.18. The van der Waals surface area contributed by atoms with Gasteiger partial charge in [0.15, 0.2) is 11.6 Å². The van der Waals surface area contributed by atoms with Crippen molar-refractivity contribution in [3.8, 4) is 11.4 Å². The molecule has 1 aliphatic rings. The normalized spacial score (nSPS) is 16.2. The Balaban J connectivity index is 1.53. The molecule has 0 spiro atoms. The van der Waals surface area contributed by atoms with E-state index in [9.17, 15) is 4.39 Å². The Morgan fingerprint density at radius 1 is 1.14 bits per heavy atom. The second kappa shape index (κ2) is 7.64. The number of thiophene rings is 1. The van der Waals surface area contributed by atoms with Crippen LogP contribution in [0.25, 0.3) is 21.6 Å². The van der Waals surface area contributed by atoms with Gasteiger partial charge in [0.1, 0.15) is 17.5 Å². The molecular formula is C19H17FN8S. The van der Waals surface area contributed by atoms with E-state index in [0.29, 0.717) is 23.5 Å². The lowest BCUT2D eigenvalue weighted by Crippen LogP contribution is -2.23. The number of fused-ring (bicyclic) bond motifs is 1. The van der Waals surface area contributed by atoms with Crippen LogP contribution in [0.3, 0.4) is 0 Å². The predicted molar refractivity (Wildman–Crippen MR) is 111 cm³/mol. The van der Waals surface area contributed by atoms with Crippen molar-refractivity contribution in [3.63, 3.8) is 0 Å². The Kier molecular flexibility index (Phi) is 4.70. The molecule has 3 N–H and O–H groups in total. The molecule has 1 aliphatic heterocycles. The van der Waals surface area contributed by atoms with Crippen molar-refractivity contribution in [1.82, 2.24) is 30.2 Å². The van der Waals surface area contributed by atoms with Crippen molar-refractivity contribution < 1.29 is 4.39 Å². The third kappa shape index (κ3) is 3.71. The topological polar surface area (TPSA) is 101 Å². The average molecular weight is 408 g/mol. The summed E-state index contributed by atoms with van der Waals surface area (Å²) in [4.78, 5) is 21.5. The molecule has 0 aromatic carbocycles. The lowest BCUT2D eigenvalue weighted by Gasteiger charge is -2.14. The smallest absolute Gasteiger partial charge is 0.165 e. The maximum Gasteiger partial charge on any atom is 0.165 e. The summed E-state index contributed by atoms with van der Waals surface area (Å²) >= 11 is 1.57. The molecular weight excluding hydrogens is 391 g/mol. The van der Waals surface area contributed by atoms with Crippen molar-refractivity contribution >= 4 is 39.0 Å². The van der Waals surface area contributed by atoms with Gasteiger partial charge in [0.25, 0.3) is 0 Å². The first kappa shape index (κ1) is 17.8. The summed E-state index contributed by atoms with van der Waals surface area (Å²) in [7, 11) is 0. The van der Waals surface area contributed by atoms with Gasteiger partial charge in [-0.25, -0.2) is 24.3 Å². The Morgan fingerprint density at radius 3 is 2.93 bits per heavy atom. The maximum atomic E-state index is 14.6. The van der Waals surface area contributed by atoms with Crippen molar-refractivity contribution in [2.24, 2.45) is 0 Å². The second-order valence-corrected chi connectivity index (χ2v) is 7.55. The van der Waals surface area contributed by atoms with Crippen LogP contribution in [-0.4, -0.2) is 44.1 Å². The van der Waals surface area contributed by atoms with E-state index in [4.69, 9.17) is 0 Å². The van der Waals surface area contributed by atoms with Crippen LogP contribution in [0.2, 0.25) is 0 Å². The molecule has 0 radical (unpaired) electrons. The van der Waals surface area contributed by atoms with Crippen LogP contribution in [-0.2, 0) is 0 Å². The van der Waals surface area contributed by atoms with Gasteiger partial charge in [-0.05, 0) is 30.5 Å². The molecule has 1 atom stereocenters. The van der Waals surface area contributed by atoms with Crippen LogP contribution < -0.4 is 16.0 Å². The van der Waals surface area contributed by atoms with Gasteiger partial charge in [-0.1, -0.05) is 0 Å². The zero-order chi connectivity index (χ0) is 19.6. The highest BCUT2D eigenvalue weighted by atomic mass is 32.1. The van der Waals surface area contributed by atoms with E-state index in [1.807, 2.05) is 11.4 Å². The van der Waals surface area contributed by atoms with Crippen LogP contribution >= 0.6 is 11.3 Å². The molecule has 1 fully saturated rings. The van der Waals surface area contributed by atoms with Gasteiger partial charge in [0.2, 0.25) is 0 Å². The molecule has 4 aromatic heterocycles. The minimum Gasteiger partial charge on any atom is -0.365 e. The van der Waals surface area contributed by atoms with Crippen molar-refractivity contribution in [2.45, 2.75) is 12.5 Å². The summed E-state index contributed by atoms with van der Waals surface area (Å²) in [6, 6.07) is 3.79. The molecule has 0 amide bonds. The number of hydrogen-bond donors (Lipinski definition) is 3. The standard InChI is InChI=1S/C19H17FN8S/c20-13-9-24-15(27-16-10-22-4-5-23-16)7-12(13)18-26-14-2-6-29-17(14)19(28-18)25-11-1-3-21-8-11/h2,4-7,9-11,21H,1,3,8H2,(H,23,24,27)(H,25,26,28)/t11-/m1/s1. The maximum absolute atomic E-state index is 14.6. The Hall–Kier alpha value is -3.24. The number of anilines is 3. The van der Waals surface area contributed by atoms with Gasteiger partial charge >= 0.3 is 0 Å². The number of nitrogens with zero attached hydrogens (tertiary/aromatic N) is 5. The molecule has 5 rings (SSSR count). The fourth-order valence-electron chi connectivity index (χ4n) is 3.23. The number of halogens is 1. The minimum atomic E-state index is -0.488. The Morgan fingerprint density at radius 2 is 2.10 bits per heavy atom. The zero-order valence-corrected chi connectivity index (χ0v) is 16.1. The number of hydrogen-bond acceptors (Lipinski definition) is 9. The van der Waals surface area contributed by atoms with Crippen molar-refractivity contribution in [2.75, 3.05) is 23.7 Å². The number of rotatable bonds is 5. The summed E-state index contributed by atoms with van der Waals surface area (Å²) in [6.45, 7) is 1.85. The molecule has 1 saturated heterocycles. The molecule has 0 unspecified atom stereocenters. The van der Waals surface area contributed by atoms with E-state index in [1.54, 1.807) is 36.0 Å². The summed E-state index contributed by atoms with van der Waals surface area (Å²) in [5.74, 6) is 1.51. The molecule has 0 saturated carbocycles. The quantitative estimate of drug-likeness (QED) is 0.463. The molecule has 146 valence electrons. The summed E-state index contributed by atoms with van der Waals surface area (Å²) in [6.07, 6.45) is 6.88. The first-order chi connectivity index (χ1) is 14.3. The van der Waals surface area contributed by atoms with Gasteiger partial charge in [-0.2, -0.15) is 0 Å². The summed E-state index contributed by atoms with van der Waals surface area (Å²) in [5, 5.41) is 11.8. The fraction of sp³-hybridized carbons (Fsp3) is 0.211. The van der Waals surface area contributed by atoms with Crippen LogP contribution in [0, 0.1) is 5.82 Å². The number of pyridine rings is 1. The van der Waals surface area contributed by atoms with E-state index in [1.165, 1.54) is 0 Å². The molecule has 4 aromatic rings. The SMILES string of the molecule is Fc1cnc(Nc2cnccn2)cc1-c1nc(N[C@@H]2CCNC2)c2sccc2n1. The van der Waals surface area contributed by atoms with Crippen molar-refractivity contribution in [1.29, 1.82) is 0 Å². The van der Waals surface area contributed by atoms with Crippen LogP contribution in [0.4, 0.5) is 21.8 Å². The van der Waals surface area contributed by atoms with Crippen LogP contribution in [0.5, 0.6) is 0 Å². The van der Waals surface area contributed by atoms with E-state index in [2.05, 4.69) is 40.9 Å². The Labute approximate surface area is 169 Å². The van der Waals surface area contributed by atoms with Crippen LogP contribution in [0.15, 0.2) is 42.3 Å². The molecule has 5 heterocycles. The van der Waals surface area contributed by atoms with Gasteiger partial charge in [0.05, 0.1) is 28.2 Å². The third-order valence-corrected chi connectivity index (χ3v) is 5.53. The summed E-state index contributed by atoms with van der Waals surface area (Å²) in [5.41, 5.74) is 1.06. The monoisotopic (exact) mass is 408 g/mol. The highest BCUT2D eigenvalue weighted by molar-refractivity contribution is 7.17. The van der Waals surface area contributed by atoms with Gasteiger partial charge in [-0.3, -0.25) is 4.98 Å². The fourth-order valence-corrected chi connectivity index (χ4v) is 4.01. The highest BCUT2D eigenvalue weighted by Crippen LogP contribution is 2.31. The van der Waals surface area contributed by atoms with Crippen LogP contribution in [0.1, 0.15) is 6.42 Å². The van der Waals surface area contributed by atoms with Gasteiger partial charge < -0.3 is 16.0 Å². The van der Waals surface area contributed by atoms with E-state index < -0.39 is 5.82 Å². The molecule has 29 heavy (non-hydrogen) atoms. The van der Waals surface area contributed by atoms with Gasteiger partial charge in [-0.15, -0.1) is 11.3 Å². The zero-order valence-electron chi connectivity index (χ0n) is 15.3. The first-order valence-corrected chi connectivity index (χ1v) is 10.1. The lowest BCUT2D eigenvalue weighted by molar-refractivity contribution is 0.624. The largest absolute Gasteiger partial charge is 0.365 e. The number of nitrogens with one attached hydrogen (secondary N) is 3. The van der Waals surface area contributed by atoms with E-state index in [-0.39, 0.29) is 5.56 Å². The molecule has 8 nitrogen and oxygen atoms in total. The third-order valence-electron chi connectivity index (χ3n) is 4.62. The van der Waals surface area contributed by atoms with Gasteiger partial charge in [0, 0.05) is 25.0 Å². The molecule has 0 bridgehead atoms. The van der Waals surface area contributed by atoms with Crippen molar-refractivity contribution in [3.05, 3.63) is 48.1 Å². The molecule has 10 heteroatoms. The van der Waals surface area contributed by atoms with E-state index >= 15 is 0 Å². The molecule has 0 aliphatic carbocycles. The second-order valence-electron chi connectivity index (χ2n) is 6.63. The lowest BCUT2D eigenvalue weighted by atomic mass is 10.2. The minimum absolute atomic E-state index is 0.270. The predicted octanol–water partition coefficient (Wildman–Crippen LogP) is 3.20.